The minimum Gasteiger partial charge on any atom is -0.466 e. The van der Waals surface area contributed by atoms with E-state index in [1.807, 2.05) is 0 Å². The summed E-state index contributed by atoms with van der Waals surface area (Å²) in [6.45, 7) is 1.35. The van der Waals surface area contributed by atoms with Gasteiger partial charge in [0.15, 0.2) is 11.6 Å². The van der Waals surface area contributed by atoms with E-state index >= 15 is 0 Å². The largest absolute Gasteiger partial charge is 0.466 e. The summed E-state index contributed by atoms with van der Waals surface area (Å²) in [5.74, 6) is -4.75. The number of hydrogen-bond donors (Lipinski definition) is 0. The van der Waals surface area contributed by atoms with Gasteiger partial charge in [0.25, 0.3) is 11.7 Å². The van der Waals surface area contributed by atoms with Crippen molar-refractivity contribution in [3.05, 3.63) is 41.0 Å². The van der Waals surface area contributed by atoms with Crippen LogP contribution < -0.4 is 4.90 Å². The number of anilines is 1. The van der Waals surface area contributed by atoms with Crippen molar-refractivity contribution in [1.29, 1.82) is 0 Å². The van der Waals surface area contributed by atoms with Crippen molar-refractivity contribution in [1.82, 2.24) is 0 Å². The van der Waals surface area contributed by atoms with Crippen molar-refractivity contribution >= 4 is 23.3 Å². The predicted octanol–water partition coefficient (Wildman–Crippen LogP) is 1.61. The number of esters is 1. The number of ketones is 1. The van der Waals surface area contributed by atoms with Gasteiger partial charge in [-0.2, -0.15) is 0 Å². The summed E-state index contributed by atoms with van der Waals surface area (Å²) in [7, 11) is 1.21. The molecule has 0 aromatic heterocycles. The number of carbonyl (C=O) groups excluding carboxylic acids is 3. The molecule has 1 aliphatic rings. The van der Waals surface area contributed by atoms with Crippen LogP contribution in [-0.4, -0.2) is 31.3 Å². The fourth-order valence-electron chi connectivity index (χ4n) is 1.94. The summed E-state index contributed by atoms with van der Waals surface area (Å²) in [6, 6.07) is 1.48. The van der Waals surface area contributed by atoms with Gasteiger partial charge in [-0.15, -0.1) is 0 Å². The third kappa shape index (κ3) is 2.54. The number of rotatable bonds is 3. The molecule has 1 aliphatic heterocycles. The zero-order valence-corrected chi connectivity index (χ0v) is 11.3. The number of carbonyl (C=O) groups is 3. The Bertz CT molecular complexity index is 682. The molecule has 0 bridgehead atoms. The number of nitrogens with zero attached hydrogens (tertiary/aromatic N) is 1. The van der Waals surface area contributed by atoms with Crippen LogP contribution in [0.15, 0.2) is 23.8 Å². The predicted molar refractivity (Wildman–Crippen MR) is 68.8 cm³/mol. The third-order valence-electron chi connectivity index (χ3n) is 3.10. The van der Waals surface area contributed by atoms with E-state index in [2.05, 4.69) is 4.74 Å². The lowest BCUT2D eigenvalue weighted by atomic mass is 10.1. The molecular formula is C14H11F2NO4. The molecule has 7 heteroatoms. The Morgan fingerprint density at radius 1 is 1.29 bits per heavy atom. The van der Waals surface area contributed by atoms with Crippen LogP contribution >= 0.6 is 0 Å². The van der Waals surface area contributed by atoms with Crippen molar-refractivity contribution in [2.24, 2.45) is 0 Å². The molecule has 1 aromatic carbocycles. The highest BCUT2D eigenvalue weighted by Gasteiger charge is 2.36. The minimum atomic E-state index is -1.20. The van der Waals surface area contributed by atoms with Crippen LogP contribution in [0.2, 0.25) is 0 Å². The second-order valence-corrected chi connectivity index (χ2v) is 4.41. The Morgan fingerprint density at radius 2 is 1.90 bits per heavy atom. The lowest BCUT2D eigenvalue weighted by molar-refractivity contribution is -0.136. The molecular weight excluding hydrogens is 284 g/mol. The number of hydrogen-bond acceptors (Lipinski definition) is 4. The number of ether oxygens (including phenoxy) is 1. The van der Waals surface area contributed by atoms with Crippen LogP contribution in [0.4, 0.5) is 14.5 Å². The standard InChI is InChI=1S/C14H11F2NO4/c1-7(14(20)21-2)3-4-17-11-6-10(16)9(15)5-8(11)12(18)13(17)19/h3,5-6H,4H2,1-2H3/b7-3+. The van der Waals surface area contributed by atoms with Gasteiger partial charge >= 0.3 is 5.97 Å². The fraction of sp³-hybridized carbons (Fsp3) is 0.214. The molecule has 0 fully saturated rings. The first-order valence-corrected chi connectivity index (χ1v) is 5.97. The first kappa shape index (κ1) is 14.8. The number of Topliss-reactive ketones (excluding diaryl/α,β-unsaturated/α-hetero) is 1. The molecule has 1 amide bonds. The number of amides is 1. The van der Waals surface area contributed by atoms with Gasteiger partial charge in [-0.05, 0) is 13.0 Å². The molecule has 110 valence electrons. The monoisotopic (exact) mass is 295 g/mol. The molecule has 0 N–H and O–H groups in total. The van der Waals surface area contributed by atoms with E-state index in [4.69, 9.17) is 0 Å². The maximum Gasteiger partial charge on any atom is 0.333 e. The molecule has 0 aliphatic carbocycles. The Kier molecular flexibility index (Phi) is 3.84. The molecule has 0 atom stereocenters. The Morgan fingerprint density at radius 3 is 2.52 bits per heavy atom. The highest BCUT2D eigenvalue weighted by Crippen LogP contribution is 2.30. The van der Waals surface area contributed by atoms with Gasteiger partial charge in [0.1, 0.15) is 0 Å². The Labute approximate surface area is 118 Å². The number of benzene rings is 1. The molecule has 0 spiro atoms. The molecule has 1 heterocycles. The summed E-state index contributed by atoms with van der Waals surface area (Å²) in [5.41, 5.74) is 0.0228. The molecule has 1 aromatic rings. The first-order chi connectivity index (χ1) is 9.86. The van der Waals surface area contributed by atoms with Gasteiger partial charge in [-0.1, -0.05) is 6.08 Å². The lowest BCUT2D eigenvalue weighted by Gasteiger charge is -2.14. The summed E-state index contributed by atoms with van der Waals surface area (Å²) in [5, 5.41) is 0. The number of fused-ring (bicyclic) bond motifs is 1. The topological polar surface area (TPSA) is 63.7 Å². The van der Waals surface area contributed by atoms with Gasteiger partial charge in [-0.3, -0.25) is 9.59 Å². The van der Waals surface area contributed by atoms with Crippen molar-refractivity contribution in [3.63, 3.8) is 0 Å². The normalized spacial score (nSPS) is 14.5. The summed E-state index contributed by atoms with van der Waals surface area (Å²) in [6.07, 6.45) is 1.37. The van der Waals surface area contributed by atoms with E-state index in [9.17, 15) is 23.2 Å². The number of halogens is 2. The van der Waals surface area contributed by atoms with Crippen LogP contribution in [-0.2, 0) is 14.3 Å². The van der Waals surface area contributed by atoms with Crippen molar-refractivity contribution < 1.29 is 27.9 Å². The fourth-order valence-corrected chi connectivity index (χ4v) is 1.94. The smallest absolute Gasteiger partial charge is 0.333 e. The van der Waals surface area contributed by atoms with E-state index in [-0.39, 0.29) is 23.4 Å². The average Bonchev–Trinajstić information content (AvgIpc) is 2.68. The van der Waals surface area contributed by atoms with Crippen LogP contribution in [0.1, 0.15) is 17.3 Å². The second kappa shape index (κ2) is 5.43. The molecule has 0 saturated carbocycles. The van der Waals surface area contributed by atoms with E-state index in [1.54, 1.807) is 0 Å². The summed E-state index contributed by atoms with van der Waals surface area (Å²) < 4.78 is 30.9. The molecule has 0 radical (unpaired) electrons. The molecule has 5 nitrogen and oxygen atoms in total. The summed E-state index contributed by atoms with van der Waals surface area (Å²) >= 11 is 0. The Hall–Kier alpha value is -2.57. The SMILES string of the molecule is COC(=O)/C(C)=C/CN1C(=O)C(=O)c2cc(F)c(F)cc21. The molecule has 21 heavy (non-hydrogen) atoms. The third-order valence-corrected chi connectivity index (χ3v) is 3.10. The van der Waals surface area contributed by atoms with E-state index in [0.717, 1.165) is 11.0 Å². The minimum absolute atomic E-state index is 0.0159. The van der Waals surface area contributed by atoms with Gasteiger partial charge < -0.3 is 9.64 Å². The quantitative estimate of drug-likeness (QED) is 0.483. The Balaban J connectivity index is 2.35. The van der Waals surface area contributed by atoms with Crippen molar-refractivity contribution in [2.45, 2.75) is 6.92 Å². The van der Waals surface area contributed by atoms with E-state index in [0.29, 0.717) is 6.07 Å². The van der Waals surface area contributed by atoms with Crippen molar-refractivity contribution in [2.75, 3.05) is 18.6 Å². The zero-order chi connectivity index (χ0) is 15.7. The van der Waals surface area contributed by atoms with Gasteiger partial charge in [-0.25, -0.2) is 13.6 Å². The maximum atomic E-state index is 13.3. The van der Waals surface area contributed by atoms with Crippen LogP contribution in [0.5, 0.6) is 0 Å². The van der Waals surface area contributed by atoms with Gasteiger partial charge in [0.05, 0.1) is 18.4 Å². The van der Waals surface area contributed by atoms with Crippen LogP contribution in [0, 0.1) is 11.6 Å². The average molecular weight is 295 g/mol. The first-order valence-electron chi connectivity index (χ1n) is 5.97. The number of methoxy groups -OCH3 is 1. The lowest BCUT2D eigenvalue weighted by Crippen LogP contribution is -2.30. The molecule has 0 saturated heterocycles. The van der Waals surface area contributed by atoms with Crippen molar-refractivity contribution in [3.8, 4) is 0 Å². The summed E-state index contributed by atoms with van der Waals surface area (Å²) in [4.78, 5) is 35.8. The molecule has 0 unspecified atom stereocenters. The maximum absolute atomic E-state index is 13.3. The second-order valence-electron chi connectivity index (χ2n) is 4.41. The van der Waals surface area contributed by atoms with E-state index < -0.39 is 29.3 Å². The highest BCUT2D eigenvalue weighted by molar-refractivity contribution is 6.52. The van der Waals surface area contributed by atoms with Gasteiger partial charge in [0, 0.05) is 18.2 Å². The highest BCUT2D eigenvalue weighted by atomic mass is 19.2. The van der Waals surface area contributed by atoms with Crippen LogP contribution in [0.25, 0.3) is 0 Å². The van der Waals surface area contributed by atoms with E-state index in [1.165, 1.54) is 20.1 Å². The van der Waals surface area contributed by atoms with Gasteiger partial charge in [0.2, 0.25) is 0 Å². The van der Waals surface area contributed by atoms with Crippen LogP contribution in [0.3, 0.4) is 0 Å². The molecule has 2 rings (SSSR count). The zero-order valence-electron chi connectivity index (χ0n) is 11.3.